The van der Waals surface area contributed by atoms with Crippen molar-refractivity contribution in [2.45, 2.75) is 43.8 Å². The van der Waals surface area contributed by atoms with E-state index in [1.165, 1.54) is 0 Å². The van der Waals surface area contributed by atoms with E-state index >= 15 is 0 Å². The fourth-order valence-electron chi connectivity index (χ4n) is 1.77. The van der Waals surface area contributed by atoms with Crippen molar-refractivity contribution in [2.24, 2.45) is 11.5 Å². The topological polar surface area (TPSA) is 205 Å². The lowest BCUT2D eigenvalue weighted by atomic mass is 10.1. The zero-order valence-electron chi connectivity index (χ0n) is 13.5. The summed E-state index contributed by atoms with van der Waals surface area (Å²) in [5.41, 5.74) is 10.7. The summed E-state index contributed by atoms with van der Waals surface area (Å²) in [6.45, 7) is -0.255. The minimum atomic E-state index is -1.63. The van der Waals surface area contributed by atoms with Crippen LogP contribution < -0.4 is 22.1 Å². The van der Waals surface area contributed by atoms with Crippen molar-refractivity contribution in [2.75, 3.05) is 13.2 Å². The van der Waals surface area contributed by atoms with Gasteiger partial charge in [-0.15, -0.1) is 12.4 Å². The van der Waals surface area contributed by atoms with Gasteiger partial charge in [-0.1, -0.05) is 0 Å². The molecule has 146 valence electrons. The zero-order chi connectivity index (χ0) is 18.7. The van der Waals surface area contributed by atoms with Crippen LogP contribution in [0.5, 0.6) is 0 Å². The second-order valence-electron chi connectivity index (χ2n) is 5.13. The number of unbranched alkanes of at least 4 members (excludes halogenated alkanes) is 1. The molecule has 0 unspecified atom stereocenters. The van der Waals surface area contributed by atoms with E-state index in [-0.39, 0.29) is 18.8 Å². The van der Waals surface area contributed by atoms with Crippen LogP contribution in [0.4, 0.5) is 0 Å². The molecule has 0 saturated carbocycles. The average Bonchev–Trinajstić information content (AvgIpc) is 2.51. The average molecular weight is 385 g/mol. The number of aliphatic hydroxyl groups is 1. The van der Waals surface area contributed by atoms with E-state index < -0.39 is 54.9 Å². The number of carbonyl (C=O) groups is 4. The van der Waals surface area contributed by atoms with Gasteiger partial charge >= 0.3 is 11.9 Å². The molecule has 0 aromatic carbocycles. The standard InChI is InChI=1S/C13H24N4O7.ClH/c14-4-2-1-3-8(16-11(21)7(15)6-18)12(22)17-9(13(23)24)5-10(19)20;/h7-9,18H,1-6,14-15H2,(H,16,21)(H,17,22)(H,19,20)(H,23,24);1H/t7-,8-,9-;/m0./s1. The van der Waals surface area contributed by atoms with Gasteiger partial charge in [-0.05, 0) is 25.8 Å². The number of hydrogen-bond acceptors (Lipinski definition) is 7. The molecule has 0 aliphatic rings. The minimum absolute atomic E-state index is 0. The van der Waals surface area contributed by atoms with E-state index in [0.29, 0.717) is 19.4 Å². The third-order valence-corrected chi connectivity index (χ3v) is 3.11. The first-order valence-electron chi connectivity index (χ1n) is 7.34. The molecule has 11 nitrogen and oxygen atoms in total. The molecule has 0 heterocycles. The fourth-order valence-corrected chi connectivity index (χ4v) is 1.77. The van der Waals surface area contributed by atoms with Crippen LogP contribution in [0.25, 0.3) is 0 Å². The van der Waals surface area contributed by atoms with Crippen molar-refractivity contribution < 1.29 is 34.5 Å². The van der Waals surface area contributed by atoms with Crippen LogP contribution in [0.3, 0.4) is 0 Å². The Morgan fingerprint density at radius 3 is 1.96 bits per heavy atom. The number of aliphatic hydroxyl groups excluding tert-OH is 1. The Morgan fingerprint density at radius 2 is 1.52 bits per heavy atom. The minimum Gasteiger partial charge on any atom is -0.481 e. The number of carboxylic acid groups (broad SMARTS) is 2. The molecule has 12 heteroatoms. The van der Waals surface area contributed by atoms with Gasteiger partial charge in [0.15, 0.2) is 0 Å². The van der Waals surface area contributed by atoms with Crippen LogP contribution in [-0.2, 0) is 19.2 Å². The van der Waals surface area contributed by atoms with Crippen molar-refractivity contribution in [3.63, 3.8) is 0 Å². The summed E-state index contributed by atoms with van der Waals surface area (Å²) in [5.74, 6) is -4.53. The van der Waals surface area contributed by atoms with Crippen LogP contribution in [-0.4, -0.2) is 70.3 Å². The summed E-state index contributed by atoms with van der Waals surface area (Å²) in [4.78, 5) is 45.5. The van der Waals surface area contributed by atoms with Gasteiger partial charge < -0.3 is 37.4 Å². The number of carboxylic acids is 2. The summed E-state index contributed by atoms with van der Waals surface area (Å²) in [6, 6.07) is -3.98. The number of rotatable bonds is 12. The molecule has 0 aromatic rings. The fraction of sp³-hybridized carbons (Fsp3) is 0.692. The molecule has 0 radical (unpaired) electrons. The van der Waals surface area contributed by atoms with Crippen molar-refractivity contribution in [3.8, 4) is 0 Å². The smallest absolute Gasteiger partial charge is 0.326 e. The van der Waals surface area contributed by atoms with E-state index in [1.54, 1.807) is 0 Å². The van der Waals surface area contributed by atoms with Gasteiger partial charge in [0.05, 0.1) is 13.0 Å². The number of hydrogen-bond donors (Lipinski definition) is 7. The van der Waals surface area contributed by atoms with Crippen LogP contribution in [0.2, 0.25) is 0 Å². The van der Waals surface area contributed by atoms with Crippen LogP contribution in [0.1, 0.15) is 25.7 Å². The third kappa shape index (κ3) is 10.5. The van der Waals surface area contributed by atoms with Gasteiger partial charge in [-0.25, -0.2) is 4.79 Å². The maximum atomic E-state index is 12.2. The maximum absolute atomic E-state index is 12.2. The summed E-state index contributed by atoms with van der Waals surface area (Å²) in [5, 5.41) is 30.8. The molecule has 0 aliphatic heterocycles. The predicted octanol–water partition coefficient (Wildman–Crippen LogP) is -2.61. The molecule has 0 spiro atoms. The van der Waals surface area contributed by atoms with Gasteiger partial charge in [-0.2, -0.15) is 0 Å². The molecule has 0 rings (SSSR count). The van der Waals surface area contributed by atoms with Gasteiger partial charge in [0, 0.05) is 0 Å². The first-order valence-corrected chi connectivity index (χ1v) is 7.34. The van der Waals surface area contributed by atoms with Crippen LogP contribution in [0, 0.1) is 0 Å². The molecule has 0 bridgehead atoms. The number of amides is 2. The van der Waals surface area contributed by atoms with Gasteiger partial charge in [0.25, 0.3) is 0 Å². The summed E-state index contributed by atoms with van der Waals surface area (Å²) in [7, 11) is 0. The number of nitrogens with one attached hydrogen (secondary N) is 2. The number of nitrogens with two attached hydrogens (primary N) is 2. The van der Waals surface area contributed by atoms with Crippen molar-refractivity contribution >= 4 is 36.2 Å². The lowest BCUT2D eigenvalue weighted by molar-refractivity contribution is -0.147. The van der Waals surface area contributed by atoms with Gasteiger partial charge in [0.1, 0.15) is 18.1 Å². The Kier molecular flexibility index (Phi) is 13.5. The van der Waals surface area contributed by atoms with Crippen molar-refractivity contribution in [3.05, 3.63) is 0 Å². The Morgan fingerprint density at radius 1 is 0.960 bits per heavy atom. The Balaban J connectivity index is 0. The third-order valence-electron chi connectivity index (χ3n) is 3.11. The number of carbonyl (C=O) groups excluding carboxylic acids is 2. The molecule has 0 aliphatic carbocycles. The van der Waals surface area contributed by atoms with E-state index in [2.05, 4.69) is 10.6 Å². The Bertz CT molecular complexity index is 464. The first-order chi connectivity index (χ1) is 11.2. The summed E-state index contributed by atoms with van der Waals surface area (Å²) >= 11 is 0. The summed E-state index contributed by atoms with van der Waals surface area (Å²) < 4.78 is 0. The maximum Gasteiger partial charge on any atom is 0.326 e. The molecule has 9 N–H and O–H groups in total. The highest BCUT2D eigenvalue weighted by Crippen LogP contribution is 2.03. The Labute approximate surface area is 150 Å². The number of halogens is 1. The Hall–Kier alpha value is -1.95. The lowest BCUT2D eigenvalue weighted by Gasteiger charge is -2.22. The SMILES string of the molecule is Cl.NCCCC[C@H](NC(=O)[C@@H](N)CO)C(=O)N[C@@H](CC(=O)O)C(=O)O. The number of aliphatic carboxylic acids is 2. The highest BCUT2D eigenvalue weighted by Gasteiger charge is 2.28. The quantitative estimate of drug-likeness (QED) is 0.176. The second-order valence-corrected chi connectivity index (χ2v) is 5.13. The van der Waals surface area contributed by atoms with Crippen LogP contribution >= 0.6 is 12.4 Å². The van der Waals surface area contributed by atoms with Crippen LogP contribution in [0.15, 0.2) is 0 Å². The van der Waals surface area contributed by atoms with E-state index in [0.717, 1.165) is 0 Å². The molecular formula is C13H25ClN4O7. The van der Waals surface area contributed by atoms with E-state index in [9.17, 15) is 19.2 Å². The molecule has 0 fully saturated rings. The molecular weight excluding hydrogens is 360 g/mol. The zero-order valence-corrected chi connectivity index (χ0v) is 14.3. The highest BCUT2D eigenvalue weighted by molar-refractivity contribution is 5.92. The molecule has 25 heavy (non-hydrogen) atoms. The van der Waals surface area contributed by atoms with E-state index in [1.807, 2.05) is 0 Å². The first kappa shape index (κ1) is 25.3. The normalized spacial score (nSPS) is 13.7. The van der Waals surface area contributed by atoms with Crippen molar-refractivity contribution in [1.29, 1.82) is 0 Å². The second kappa shape index (κ2) is 13.4. The largest absolute Gasteiger partial charge is 0.481 e. The molecule has 0 aromatic heterocycles. The van der Waals surface area contributed by atoms with E-state index in [4.69, 9.17) is 26.8 Å². The summed E-state index contributed by atoms with van der Waals surface area (Å²) in [6.07, 6.45) is 0.399. The van der Waals surface area contributed by atoms with Crippen molar-refractivity contribution in [1.82, 2.24) is 10.6 Å². The highest BCUT2D eigenvalue weighted by atomic mass is 35.5. The monoisotopic (exact) mass is 384 g/mol. The van der Waals surface area contributed by atoms with Gasteiger partial charge in [0.2, 0.25) is 11.8 Å². The molecule has 2 amide bonds. The van der Waals surface area contributed by atoms with Gasteiger partial charge in [-0.3, -0.25) is 14.4 Å². The predicted molar refractivity (Wildman–Crippen MR) is 89.0 cm³/mol. The molecule has 0 saturated heterocycles. The lowest BCUT2D eigenvalue weighted by Crippen LogP contribution is -2.55. The molecule has 3 atom stereocenters.